The summed E-state index contributed by atoms with van der Waals surface area (Å²) in [4.78, 5) is 31.9. The fourth-order valence-electron chi connectivity index (χ4n) is 5.01. The quantitative estimate of drug-likeness (QED) is 0.256. The Morgan fingerprint density at radius 1 is 1.07 bits per heavy atom. The number of aromatic nitrogens is 6. The van der Waals surface area contributed by atoms with Gasteiger partial charge in [0.25, 0.3) is 5.56 Å². The van der Waals surface area contributed by atoms with E-state index >= 15 is 0 Å². The predicted octanol–water partition coefficient (Wildman–Crippen LogP) is 2.27. The van der Waals surface area contributed by atoms with Crippen LogP contribution >= 0.6 is 0 Å². The van der Waals surface area contributed by atoms with Gasteiger partial charge in [-0.3, -0.25) is 14.5 Å². The van der Waals surface area contributed by atoms with Gasteiger partial charge in [-0.2, -0.15) is 9.40 Å². The lowest BCUT2D eigenvalue weighted by Gasteiger charge is -2.33. The number of aryl methyl sites for hydroxylation is 1. The summed E-state index contributed by atoms with van der Waals surface area (Å²) in [6.07, 6.45) is 3.42. The van der Waals surface area contributed by atoms with E-state index in [9.17, 15) is 13.2 Å². The minimum absolute atomic E-state index is 0.00966. The highest BCUT2D eigenvalue weighted by Gasteiger charge is 2.30. The monoisotopic (exact) mass is 596 g/mol. The molecule has 1 aliphatic rings. The number of hydrogen-bond donors (Lipinski definition) is 1. The Morgan fingerprint density at radius 3 is 2.50 bits per heavy atom. The molecular formula is C28H36N8O5S. The molecule has 0 spiro atoms. The van der Waals surface area contributed by atoms with E-state index in [2.05, 4.69) is 31.9 Å². The number of nitrogens with one attached hydrogen (secondary N) is 1. The molecule has 1 aliphatic heterocycles. The second-order valence-corrected chi connectivity index (χ2v) is 11.9. The molecule has 1 saturated heterocycles. The van der Waals surface area contributed by atoms with Gasteiger partial charge in [0.05, 0.1) is 29.7 Å². The first-order valence-corrected chi connectivity index (χ1v) is 15.5. The zero-order valence-corrected chi connectivity index (χ0v) is 25.1. The molecule has 1 fully saturated rings. The van der Waals surface area contributed by atoms with Crippen molar-refractivity contribution in [1.29, 1.82) is 0 Å². The van der Waals surface area contributed by atoms with E-state index in [0.29, 0.717) is 51.1 Å². The Morgan fingerprint density at radius 2 is 1.86 bits per heavy atom. The third-order valence-electron chi connectivity index (χ3n) is 7.41. The number of methoxy groups -OCH3 is 1. The van der Waals surface area contributed by atoms with Gasteiger partial charge in [-0.1, -0.05) is 26.8 Å². The van der Waals surface area contributed by atoms with Crippen molar-refractivity contribution in [3.05, 3.63) is 58.4 Å². The summed E-state index contributed by atoms with van der Waals surface area (Å²) in [6, 6.07) is 7.07. The van der Waals surface area contributed by atoms with Gasteiger partial charge in [-0.15, -0.1) is 0 Å². The maximum Gasteiger partial charge on any atom is 0.279 e. The number of nitrogens with zero attached hydrogens (tertiary/aromatic N) is 7. The van der Waals surface area contributed by atoms with Crippen LogP contribution in [0.3, 0.4) is 0 Å². The summed E-state index contributed by atoms with van der Waals surface area (Å²) in [5.41, 5.74) is 1.91. The molecule has 0 saturated carbocycles. The molecule has 1 atom stereocenters. The van der Waals surface area contributed by atoms with E-state index in [-0.39, 0.29) is 27.7 Å². The number of aromatic amines is 1. The van der Waals surface area contributed by atoms with Crippen LogP contribution in [0.1, 0.15) is 38.6 Å². The molecule has 5 rings (SSSR count). The number of fused-ring (bicyclic) bond motifs is 1. The zero-order valence-electron chi connectivity index (χ0n) is 24.3. The summed E-state index contributed by atoms with van der Waals surface area (Å²) in [7, 11) is -2.35. The molecule has 4 aromatic rings. The smallest absolute Gasteiger partial charge is 0.279 e. The molecule has 224 valence electrons. The largest absolute Gasteiger partial charge is 0.447 e. The van der Waals surface area contributed by atoms with Crippen molar-refractivity contribution in [1.82, 2.24) is 38.9 Å². The van der Waals surface area contributed by atoms with Crippen molar-refractivity contribution in [3.63, 3.8) is 0 Å². The maximum absolute atomic E-state index is 13.7. The third-order valence-corrected chi connectivity index (χ3v) is 9.27. The summed E-state index contributed by atoms with van der Waals surface area (Å²) in [5.74, 6) is 0.223. The van der Waals surface area contributed by atoms with Crippen LogP contribution in [0, 0.1) is 0 Å². The molecule has 1 N–H and O–H groups in total. The van der Waals surface area contributed by atoms with Gasteiger partial charge < -0.3 is 19.4 Å². The second kappa shape index (κ2) is 12.7. The summed E-state index contributed by atoms with van der Waals surface area (Å²) >= 11 is 0. The van der Waals surface area contributed by atoms with Crippen LogP contribution in [0.2, 0.25) is 0 Å². The van der Waals surface area contributed by atoms with Crippen molar-refractivity contribution in [2.45, 2.75) is 51.3 Å². The molecule has 42 heavy (non-hydrogen) atoms. The molecule has 0 aliphatic carbocycles. The topological polar surface area (TPSA) is 148 Å². The van der Waals surface area contributed by atoms with Crippen molar-refractivity contribution >= 4 is 21.1 Å². The normalized spacial score (nSPS) is 15.7. The Hall–Kier alpha value is -3.72. The lowest BCUT2D eigenvalue weighted by atomic mass is 10.2. The third kappa shape index (κ3) is 5.93. The molecule has 0 radical (unpaired) electrons. The first kappa shape index (κ1) is 29.8. The van der Waals surface area contributed by atoms with E-state index in [0.717, 1.165) is 17.9 Å². The van der Waals surface area contributed by atoms with Crippen LogP contribution in [-0.2, 0) is 27.7 Å². The standard InChI is InChI=1S/C28H36N8O5S/c1-5-22-24-25(33-36(22)18-19-10-8-9-11-29-19)27(37)32-26(31-24)21-16-20(17-30-28(21)41-23(6-2)40-4)42(38,39)35-14-12-34(7-3)13-15-35/h8-11,16-17,23H,5-7,12-15,18H2,1-4H3,(H,31,32,37). The molecule has 14 heteroatoms. The highest BCUT2D eigenvalue weighted by Crippen LogP contribution is 2.31. The van der Waals surface area contributed by atoms with E-state index in [1.54, 1.807) is 10.9 Å². The molecule has 13 nitrogen and oxygen atoms in total. The number of pyridine rings is 2. The molecule has 0 aromatic carbocycles. The highest BCUT2D eigenvalue weighted by atomic mass is 32.2. The van der Waals surface area contributed by atoms with Gasteiger partial charge in [-0.05, 0) is 31.2 Å². The van der Waals surface area contributed by atoms with Gasteiger partial charge in [0.2, 0.25) is 22.2 Å². The van der Waals surface area contributed by atoms with E-state index in [1.165, 1.54) is 23.7 Å². The summed E-state index contributed by atoms with van der Waals surface area (Å²) in [6.45, 7) is 9.19. The van der Waals surface area contributed by atoms with Gasteiger partial charge in [0, 0.05) is 45.9 Å². The highest BCUT2D eigenvalue weighted by molar-refractivity contribution is 7.89. The van der Waals surface area contributed by atoms with Gasteiger partial charge in [0.1, 0.15) is 16.2 Å². The van der Waals surface area contributed by atoms with Gasteiger partial charge in [-0.25, -0.2) is 18.4 Å². The number of piperazine rings is 1. The molecule has 0 bridgehead atoms. The van der Waals surface area contributed by atoms with E-state index < -0.39 is 21.9 Å². The van der Waals surface area contributed by atoms with Crippen LogP contribution in [0.25, 0.3) is 22.4 Å². The zero-order chi connectivity index (χ0) is 29.9. The number of sulfonamides is 1. The van der Waals surface area contributed by atoms with Crippen LogP contribution in [0.4, 0.5) is 0 Å². The summed E-state index contributed by atoms with van der Waals surface area (Å²) < 4.78 is 41.9. The van der Waals surface area contributed by atoms with Crippen LogP contribution in [0.5, 0.6) is 5.88 Å². The Kier molecular flexibility index (Phi) is 8.96. The number of hydrogen-bond acceptors (Lipinski definition) is 10. The first-order chi connectivity index (χ1) is 20.3. The Labute approximate surface area is 244 Å². The van der Waals surface area contributed by atoms with Crippen molar-refractivity contribution in [2.24, 2.45) is 0 Å². The van der Waals surface area contributed by atoms with Crippen molar-refractivity contribution in [2.75, 3.05) is 39.8 Å². The minimum Gasteiger partial charge on any atom is -0.447 e. The Balaban J connectivity index is 1.61. The van der Waals surface area contributed by atoms with Gasteiger partial charge in [0.15, 0.2) is 5.52 Å². The fourth-order valence-corrected chi connectivity index (χ4v) is 6.41. The number of likely N-dealkylation sites (N-methyl/N-ethyl adjacent to an activating group) is 1. The maximum atomic E-state index is 13.7. The fraction of sp³-hybridized carbons (Fsp3) is 0.464. The van der Waals surface area contributed by atoms with Crippen molar-refractivity contribution < 1.29 is 17.9 Å². The number of H-pyrrole nitrogens is 1. The molecule has 5 heterocycles. The van der Waals surface area contributed by atoms with Crippen LogP contribution in [0.15, 0.2) is 46.3 Å². The SMILES string of the molecule is CCc1c2nc(-c3cc(S(=O)(=O)N4CCN(CC)CC4)cnc3OC(CC)OC)[nH]c(=O)c2nn1Cc1ccccn1. The molecular weight excluding hydrogens is 560 g/mol. The molecule has 4 aromatic heterocycles. The average Bonchev–Trinajstić information content (AvgIpc) is 3.37. The van der Waals surface area contributed by atoms with Crippen LogP contribution < -0.4 is 10.3 Å². The second-order valence-electron chi connectivity index (χ2n) is 9.94. The summed E-state index contributed by atoms with van der Waals surface area (Å²) in [5, 5.41) is 4.54. The number of ether oxygens (including phenoxy) is 2. The lowest BCUT2D eigenvalue weighted by molar-refractivity contribution is -0.0570. The van der Waals surface area contributed by atoms with Crippen molar-refractivity contribution in [3.8, 4) is 17.3 Å². The first-order valence-electron chi connectivity index (χ1n) is 14.1. The number of rotatable bonds is 11. The van der Waals surface area contributed by atoms with E-state index in [1.807, 2.05) is 32.0 Å². The lowest BCUT2D eigenvalue weighted by Crippen LogP contribution is -2.48. The Bertz CT molecular complexity index is 1690. The van der Waals surface area contributed by atoms with E-state index in [4.69, 9.17) is 14.5 Å². The van der Waals surface area contributed by atoms with Gasteiger partial charge >= 0.3 is 0 Å². The van der Waals surface area contributed by atoms with Crippen LogP contribution in [-0.4, -0.2) is 93.5 Å². The average molecular weight is 597 g/mol. The molecule has 1 unspecified atom stereocenters. The predicted molar refractivity (Wildman–Crippen MR) is 157 cm³/mol. The minimum atomic E-state index is -3.86. The molecule has 0 amide bonds.